The molecule has 11 heteroatoms. The lowest BCUT2D eigenvalue weighted by molar-refractivity contribution is -0.209. The first-order chi connectivity index (χ1) is 21.9. The molecule has 3 rings (SSSR count). The van der Waals surface area contributed by atoms with Crippen molar-refractivity contribution >= 4 is 23.0 Å². The lowest BCUT2D eigenvalue weighted by atomic mass is 9.89. The molecule has 5 N–H and O–H groups in total. The van der Waals surface area contributed by atoms with Gasteiger partial charge in [0, 0.05) is 19.3 Å². The first-order valence-corrected chi connectivity index (χ1v) is 16.5. The van der Waals surface area contributed by atoms with E-state index in [0.717, 1.165) is 22.3 Å². The number of carbonyl (C=O) groups excluding carboxylic acids is 2. The van der Waals surface area contributed by atoms with Crippen molar-refractivity contribution in [1.82, 2.24) is 15.5 Å². The van der Waals surface area contributed by atoms with E-state index in [2.05, 4.69) is 21.7 Å². The Kier molecular flexibility index (Phi) is 14.2. The van der Waals surface area contributed by atoms with Gasteiger partial charge in [0.05, 0.1) is 26.2 Å². The first-order valence-electron chi connectivity index (χ1n) is 15.3. The van der Waals surface area contributed by atoms with Gasteiger partial charge in [-0.15, -0.1) is 17.6 Å². The molecular formula is C35H47N3O7S. The molecule has 0 spiro atoms. The average Bonchev–Trinajstić information content (AvgIpc) is 3.01. The van der Waals surface area contributed by atoms with Gasteiger partial charge in [0.2, 0.25) is 11.8 Å². The zero-order valence-corrected chi connectivity index (χ0v) is 28.1. The van der Waals surface area contributed by atoms with Crippen LogP contribution in [0.1, 0.15) is 54.2 Å². The van der Waals surface area contributed by atoms with E-state index in [1.54, 1.807) is 20.1 Å². The van der Waals surface area contributed by atoms with E-state index in [9.17, 15) is 24.9 Å². The number of rotatable bonds is 14. The van der Waals surface area contributed by atoms with Crippen LogP contribution in [0.15, 0.2) is 42.5 Å². The molecule has 1 saturated heterocycles. The molecular weight excluding hydrogens is 606 g/mol. The van der Waals surface area contributed by atoms with Gasteiger partial charge in [-0.1, -0.05) is 53.6 Å². The Balaban J connectivity index is 1.47. The number of aliphatic hydroxyl groups is 3. The number of hydrogen-bond acceptors (Lipinski definition) is 8. The van der Waals surface area contributed by atoms with Crippen LogP contribution in [0.4, 0.5) is 0 Å². The van der Waals surface area contributed by atoms with Gasteiger partial charge in [0.15, 0.2) is 0 Å². The van der Waals surface area contributed by atoms with Gasteiger partial charge < -0.3 is 35.4 Å². The molecule has 0 aromatic heterocycles. The summed E-state index contributed by atoms with van der Waals surface area (Å²) in [6.45, 7) is 7.42. The molecule has 1 aliphatic rings. The maximum Gasteiger partial charge on any atom is 0.245 e. The minimum atomic E-state index is -1.35. The Bertz CT molecular complexity index is 1430. The molecule has 46 heavy (non-hydrogen) atoms. The van der Waals surface area contributed by atoms with Crippen LogP contribution in [0.5, 0.6) is 0 Å². The average molecular weight is 654 g/mol. The summed E-state index contributed by atoms with van der Waals surface area (Å²) in [5.74, 6) is 2.01. The first kappa shape index (κ1) is 37.2. The summed E-state index contributed by atoms with van der Waals surface area (Å²) in [6, 6.07) is 13.8. The van der Waals surface area contributed by atoms with Gasteiger partial charge in [-0.05, 0) is 62.1 Å². The lowest BCUT2D eigenvalue weighted by Gasteiger charge is -2.39. The minimum Gasteiger partial charge on any atom is -0.387 e. The number of amides is 2. The van der Waals surface area contributed by atoms with Crippen LogP contribution >= 0.6 is 11.2 Å². The molecule has 250 valence electrons. The predicted octanol–water partition coefficient (Wildman–Crippen LogP) is 1.91. The normalized spacial score (nSPS) is 21.3. The fraction of sp³-hybridized carbons (Fsp3) is 0.514. The number of ether oxygens (including phenoxy) is 2. The standard InChI is InChI=1S/C35H47N3O7S/c1-7-16-38(5)17-15-36-34(43)35(3,4)37-29(39)14-18-44-21-25-11-9-24(10-12-25)19-27-20-26(13-8-23(27)2)33-32(42)31(41)30(40)28(45-33)22-46-6/h1,8-13,20,28,30-33,40-42H,14-19,21H2,2-6H3,(H,36,43)(H,37,39)/t28?,30-,31+,32-,33+/m1/s1. The zero-order chi connectivity index (χ0) is 33.9. The second-order valence-corrected chi connectivity index (χ2v) is 12.8. The molecule has 10 nitrogen and oxygen atoms in total. The number of carbonyl (C=O) groups is 2. The van der Waals surface area contributed by atoms with Gasteiger partial charge in [0.1, 0.15) is 36.1 Å². The van der Waals surface area contributed by atoms with Crippen molar-refractivity contribution in [1.29, 1.82) is 0 Å². The molecule has 2 aromatic rings. The smallest absolute Gasteiger partial charge is 0.245 e. The van der Waals surface area contributed by atoms with Gasteiger partial charge in [-0.2, -0.15) is 0 Å². The van der Waals surface area contributed by atoms with E-state index >= 15 is 0 Å². The molecule has 2 aromatic carbocycles. The zero-order valence-electron chi connectivity index (χ0n) is 27.3. The molecule has 1 unspecified atom stereocenters. The van der Waals surface area contributed by atoms with Crippen LogP contribution in [-0.2, 0) is 32.1 Å². The Morgan fingerprint density at radius 3 is 2.46 bits per heavy atom. The Hall–Kier alpha value is -3.30. The second-order valence-electron chi connectivity index (χ2n) is 12.1. The van der Waals surface area contributed by atoms with E-state index in [-0.39, 0.29) is 24.8 Å². The number of aryl methyl sites for hydroxylation is 1. The Morgan fingerprint density at radius 2 is 1.78 bits per heavy atom. The molecule has 0 bridgehead atoms. The van der Waals surface area contributed by atoms with E-state index in [1.165, 1.54) is 11.2 Å². The van der Waals surface area contributed by atoms with Crippen molar-refractivity contribution in [3.05, 3.63) is 70.3 Å². The summed E-state index contributed by atoms with van der Waals surface area (Å²) in [5, 5.41) is 39.8. The highest BCUT2D eigenvalue weighted by molar-refractivity contribution is 7.87. The molecule has 0 radical (unpaired) electrons. The van der Waals surface area contributed by atoms with Crippen LogP contribution < -0.4 is 10.6 Å². The van der Waals surface area contributed by atoms with E-state index in [0.29, 0.717) is 38.2 Å². The molecule has 2 amide bonds. The molecule has 0 aliphatic carbocycles. The van der Waals surface area contributed by atoms with Crippen molar-refractivity contribution in [3.8, 4) is 17.5 Å². The van der Waals surface area contributed by atoms with Crippen molar-refractivity contribution < 1.29 is 34.4 Å². The predicted molar refractivity (Wildman–Crippen MR) is 179 cm³/mol. The monoisotopic (exact) mass is 653 g/mol. The third-order valence-corrected chi connectivity index (χ3v) is 8.34. The summed E-state index contributed by atoms with van der Waals surface area (Å²) in [4.78, 5) is 26.9. The van der Waals surface area contributed by atoms with Crippen LogP contribution in [-0.4, -0.2) is 102 Å². The van der Waals surface area contributed by atoms with E-state index in [4.69, 9.17) is 15.9 Å². The van der Waals surface area contributed by atoms with E-state index < -0.39 is 36.1 Å². The summed E-state index contributed by atoms with van der Waals surface area (Å²) >= 11 is 1.26. The van der Waals surface area contributed by atoms with E-state index in [1.807, 2.05) is 61.3 Å². The second kappa shape index (κ2) is 17.6. The number of hydrogen-bond donors (Lipinski definition) is 5. The summed E-state index contributed by atoms with van der Waals surface area (Å²) in [6.07, 6.45) is 2.35. The SMILES string of the molecule is C#CCN(C)CCNC(=O)C(C)(C)NC(=O)CCOCc1ccc(Cc2cc([C@@H]3OC(C#SC)[C@@H](O)[C@H](O)[C@H]3O)ccc2C)cc1. The van der Waals surface area contributed by atoms with Crippen LogP contribution in [0.2, 0.25) is 0 Å². The summed E-state index contributed by atoms with van der Waals surface area (Å²) < 4.78 is 11.7. The van der Waals surface area contributed by atoms with Crippen molar-refractivity contribution in [2.45, 2.75) is 76.3 Å². The molecule has 1 heterocycles. The van der Waals surface area contributed by atoms with Crippen LogP contribution in [0, 0.1) is 24.5 Å². The Morgan fingerprint density at radius 1 is 1.09 bits per heavy atom. The van der Waals surface area contributed by atoms with Gasteiger partial charge in [-0.25, -0.2) is 0 Å². The van der Waals surface area contributed by atoms with Gasteiger partial charge in [0.25, 0.3) is 0 Å². The lowest BCUT2D eigenvalue weighted by Crippen LogP contribution is -2.55. The number of nitrogens with one attached hydrogen (secondary N) is 2. The van der Waals surface area contributed by atoms with Gasteiger partial charge >= 0.3 is 0 Å². The third kappa shape index (κ3) is 10.6. The Labute approximate surface area is 276 Å². The number of nitrogens with zero attached hydrogens (tertiary/aromatic N) is 1. The summed E-state index contributed by atoms with van der Waals surface area (Å²) in [5.41, 5.74) is 3.82. The molecule has 1 fully saturated rings. The van der Waals surface area contributed by atoms with Crippen molar-refractivity contribution in [2.75, 3.05) is 39.5 Å². The minimum absolute atomic E-state index is 0.124. The maximum atomic E-state index is 12.5. The number of benzene rings is 2. The van der Waals surface area contributed by atoms with Crippen LogP contribution in [0.3, 0.4) is 0 Å². The molecule has 1 aliphatic heterocycles. The topological polar surface area (TPSA) is 141 Å². The van der Waals surface area contributed by atoms with Crippen molar-refractivity contribution in [2.24, 2.45) is 0 Å². The molecule has 0 saturated carbocycles. The summed E-state index contributed by atoms with van der Waals surface area (Å²) in [7, 11) is 1.87. The van der Waals surface area contributed by atoms with Gasteiger partial charge in [-0.3, -0.25) is 14.5 Å². The third-order valence-electron chi connectivity index (χ3n) is 7.87. The highest BCUT2D eigenvalue weighted by Gasteiger charge is 2.43. The highest BCUT2D eigenvalue weighted by atomic mass is 32.1. The number of aliphatic hydroxyl groups excluding tert-OH is 3. The number of likely N-dealkylation sites (N-methyl/N-ethyl adjacent to an activating group) is 1. The highest BCUT2D eigenvalue weighted by Crippen LogP contribution is 2.33. The van der Waals surface area contributed by atoms with Crippen molar-refractivity contribution in [3.63, 3.8) is 0 Å². The fourth-order valence-corrected chi connectivity index (χ4v) is 5.47. The maximum absolute atomic E-state index is 12.5. The fourth-order valence-electron chi connectivity index (χ4n) is 5.04. The largest absolute Gasteiger partial charge is 0.387 e. The quantitative estimate of drug-likeness (QED) is 0.154. The van der Waals surface area contributed by atoms with Crippen LogP contribution in [0.25, 0.3) is 0 Å². The number of terminal acetylenes is 1. The molecule has 5 atom stereocenters.